The Morgan fingerprint density at radius 3 is 2.62 bits per heavy atom. The van der Waals surface area contributed by atoms with Crippen LogP contribution < -0.4 is 0 Å². The Bertz CT molecular complexity index is 820. The zero-order chi connectivity index (χ0) is 20.6. The molecule has 3 atom stereocenters. The number of sulfonamides is 1. The fourth-order valence-electron chi connectivity index (χ4n) is 5.12. The van der Waals surface area contributed by atoms with Crippen LogP contribution in [0.3, 0.4) is 0 Å². The van der Waals surface area contributed by atoms with Gasteiger partial charge in [-0.1, -0.05) is 25.1 Å². The number of aliphatic hydroxyl groups is 1. The van der Waals surface area contributed by atoms with Crippen molar-refractivity contribution in [1.82, 2.24) is 9.21 Å². The van der Waals surface area contributed by atoms with Crippen LogP contribution in [0.15, 0.2) is 29.2 Å². The predicted molar refractivity (Wildman–Crippen MR) is 112 cm³/mol. The number of rotatable bonds is 4. The van der Waals surface area contributed by atoms with E-state index >= 15 is 0 Å². The molecule has 0 saturated carbocycles. The summed E-state index contributed by atoms with van der Waals surface area (Å²) in [6.45, 7) is 8.44. The maximum Gasteiger partial charge on any atom is 0.243 e. The molecule has 6 nitrogen and oxygen atoms in total. The lowest BCUT2D eigenvalue weighted by atomic mass is 9.77. The first-order chi connectivity index (χ1) is 13.8. The number of benzene rings is 1. The molecule has 162 valence electrons. The molecule has 0 amide bonds. The van der Waals surface area contributed by atoms with E-state index in [0.29, 0.717) is 23.9 Å². The summed E-state index contributed by atoms with van der Waals surface area (Å²) in [5.41, 5.74) is 0.902. The number of piperidine rings is 2. The van der Waals surface area contributed by atoms with Gasteiger partial charge in [-0.25, -0.2) is 8.42 Å². The van der Waals surface area contributed by atoms with E-state index in [4.69, 9.17) is 4.74 Å². The van der Waals surface area contributed by atoms with Crippen LogP contribution in [0.2, 0.25) is 0 Å². The van der Waals surface area contributed by atoms with Gasteiger partial charge in [-0.15, -0.1) is 0 Å². The van der Waals surface area contributed by atoms with E-state index in [9.17, 15) is 13.5 Å². The largest absolute Gasteiger partial charge is 0.392 e. The van der Waals surface area contributed by atoms with Crippen molar-refractivity contribution in [3.05, 3.63) is 29.8 Å². The summed E-state index contributed by atoms with van der Waals surface area (Å²) in [5.74, 6) is 0.376. The van der Waals surface area contributed by atoms with E-state index < -0.39 is 10.0 Å². The molecule has 3 saturated heterocycles. The quantitative estimate of drug-likeness (QED) is 0.806. The molecule has 0 unspecified atom stereocenters. The topological polar surface area (TPSA) is 70.1 Å². The molecule has 3 heterocycles. The first kappa shape index (κ1) is 21.2. The van der Waals surface area contributed by atoms with Crippen molar-refractivity contribution in [3.8, 4) is 0 Å². The van der Waals surface area contributed by atoms with Gasteiger partial charge in [-0.2, -0.15) is 4.31 Å². The smallest absolute Gasteiger partial charge is 0.243 e. The SMILES string of the molecule is Cc1ccccc1S(=O)(=O)N1CCC2(CC1)CO[C@H](CN1CC[C@@H](C)[C@H](O)C1)C2. The van der Waals surface area contributed by atoms with Crippen LogP contribution >= 0.6 is 0 Å². The Balaban J connectivity index is 1.33. The molecule has 4 rings (SSSR count). The summed E-state index contributed by atoms with van der Waals surface area (Å²) in [6, 6.07) is 7.22. The van der Waals surface area contributed by atoms with Gasteiger partial charge >= 0.3 is 0 Å². The predicted octanol–water partition coefficient (Wildman–Crippen LogP) is 2.26. The molecule has 0 bridgehead atoms. The van der Waals surface area contributed by atoms with Crippen molar-refractivity contribution in [2.24, 2.45) is 11.3 Å². The Kier molecular flexibility index (Phi) is 6.06. The molecule has 7 heteroatoms. The van der Waals surface area contributed by atoms with Crippen molar-refractivity contribution in [2.75, 3.05) is 39.3 Å². The Hall–Kier alpha value is -0.990. The third-order valence-electron chi connectivity index (χ3n) is 7.25. The summed E-state index contributed by atoms with van der Waals surface area (Å²) < 4.78 is 33.9. The van der Waals surface area contributed by atoms with Gasteiger partial charge < -0.3 is 9.84 Å². The third kappa shape index (κ3) is 4.39. The van der Waals surface area contributed by atoms with Crippen LogP contribution in [0.25, 0.3) is 0 Å². The van der Waals surface area contributed by atoms with E-state index in [1.807, 2.05) is 19.1 Å². The van der Waals surface area contributed by atoms with E-state index in [0.717, 1.165) is 57.5 Å². The minimum atomic E-state index is -3.43. The average Bonchev–Trinajstić information content (AvgIpc) is 3.07. The molecule has 1 aromatic carbocycles. The van der Waals surface area contributed by atoms with Gasteiger partial charge in [-0.05, 0) is 62.1 Å². The summed E-state index contributed by atoms with van der Waals surface area (Å²) in [7, 11) is -3.43. The number of hydrogen-bond donors (Lipinski definition) is 1. The molecule has 29 heavy (non-hydrogen) atoms. The summed E-state index contributed by atoms with van der Waals surface area (Å²) in [4.78, 5) is 2.75. The number of aryl methyl sites for hydroxylation is 1. The van der Waals surface area contributed by atoms with Crippen molar-refractivity contribution in [2.45, 2.75) is 56.6 Å². The Labute approximate surface area is 174 Å². The Morgan fingerprint density at radius 1 is 1.21 bits per heavy atom. The fourth-order valence-corrected chi connectivity index (χ4v) is 6.78. The van der Waals surface area contributed by atoms with Gasteiger partial charge in [0.05, 0.1) is 23.7 Å². The number of nitrogens with zero attached hydrogens (tertiary/aromatic N) is 2. The minimum absolute atomic E-state index is 0.101. The maximum atomic E-state index is 13.1. The monoisotopic (exact) mass is 422 g/mol. The van der Waals surface area contributed by atoms with Crippen molar-refractivity contribution in [1.29, 1.82) is 0 Å². The van der Waals surface area contributed by atoms with E-state index in [1.54, 1.807) is 16.4 Å². The summed E-state index contributed by atoms with van der Waals surface area (Å²) in [6.07, 6.45) is 3.69. The van der Waals surface area contributed by atoms with Crippen molar-refractivity contribution in [3.63, 3.8) is 0 Å². The minimum Gasteiger partial charge on any atom is -0.392 e. The summed E-state index contributed by atoms with van der Waals surface area (Å²) >= 11 is 0. The first-order valence-corrected chi connectivity index (χ1v) is 12.3. The molecule has 1 N–H and O–H groups in total. The highest BCUT2D eigenvalue weighted by Crippen LogP contribution is 2.43. The lowest BCUT2D eigenvalue weighted by Crippen LogP contribution is -2.46. The van der Waals surface area contributed by atoms with Crippen LogP contribution in [0, 0.1) is 18.3 Å². The fraction of sp³-hybridized carbons (Fsp3) is 0.727. The van der Waals surface area contributed by atoms with Gasteiger partial charge in [-0.3, -0.25) is 4.90 Å². The first-order valence-electron chi connectivity index (χ1n) is 10.9. The third-order valence-corrected chi connectivity index (χ3v) is 9.30. The lowest BCUT2D eigenvalue weighted by Gasteiger charge is -2.38. The number of hydrogen-bond acceptors (Lipinski definition) is 5. The molecule has 3 aliphatic rings. The zero-order valence-corrected chi connectivity index (χ0v) is 18.4. The molecular formula is C22H34N2O4S. The lowest BCUT2D eigenvalue weighted by molar-refractivity contribution is 0.00123. The van der Waals surface area contributed by atoms with Crippen molar-refractivity contribution >= 4 is 10.0 Å². The normalized spacial score (nSPS) is 31.3. The molecule has 0 aromatic heterocycles. The van der Waals surface area contributed by atoms with Gasteiger partial charge in [0.25, 0.3) is 0 Å². The van der Waals surface area contributed by atoms with Crippen LogP contribution in [0.4, 0.5) is 0 Å². The van der Waals surface area contributed by atoms with Crippen LogP contribution in [0.5, 0.6) is 0 Å². The van der Waals surface area contributed by atoms with Gasteiger partial charge in [0.2, 0.25) is 10.0 Å². The van der Waals surface area contributed by atoms with Crippen LogP contribution in [-0.4, -0.2) is 74.3 Å². The number of aliphatic hydroxyl groups excluding tert-OH is 1. The van der Waals surface area contributed by atoms with E-state index in [2.05, 4.69) is 11.8 Å². The second-order valence-electron chi connectivity index (χ2n) is 9.40. The van der Waals surface area contributed by atoms with Crippen molar-refractivity contribution < 1.29 is 18.3 Å². The van der Waals surface area contributed by atoms with Crippen LogP contribution in [-0.2, 0) is 14.8 Å². The number of likely N-dealkylation sites (tertiary alicyclic amines) is 1. The molecule has 3 aliphatic heterocycles. The van der Waals surface area contributed by atoms with Gasteiger partial charge in [0.1, 0.15) is 0 Å². The zero-order valence-electron chi connectivity index (χ0n) is 17.6. The Morgan fingerprint density at radius 2 is 1.93 bits per heavy atom. The van der Waals surface area contributed by atoms with Crippen LogP contribution in [0.1, 0.15) is 38.2 Å². The van der Waals surface area contributed by atoms with Gasteiger partial charge in [0, 0.05) is 26.2 Å². The number of ether oxygens (including phenoxy) is 1. The molecular weight excluding hydrogens is 388 g/mol. The highest BCUT2D eigenvalue weighted by atomic mass is 32.2. The maximum absolute atomic E-state index is 13.1. The number of β-amino-alcohol motifs (C(OH)–C–C–N with tert-alkyl or cyclic N) is 1. The molecule has 3 fully saturated rings. The molecule has 1 aromatic rings. The molecule has 0 radical (unpaired) electrons. The van der Waals surface area contributed by atoms with Gasteiger partial charge in [0.15, 0.2) is 0 Å². The van der Waals surface area contributed by atoms with E-state index in [1.165, 1.54) is 0 Å². The second kappa shape index (κ2) is 8.27. The summed E-state index contributed by atoms with van der Waals surface area (Å²) in [5, 5.41) is 10.1. The standard InChI is InChI=1S/C22H34N2O4S/c1-17-7-10-23(15-20(17)25)14-19-13-22(16-28-19)8-11-24(12-9-22)29(26,27)21-6-4-3-5-18(21)2/h3-6,17,19-20,25H,7-16H2,1-2H3/t17-,19+,20-/m1/s1. The average molecular weight is 423 g/mol. The highest BCUT2D eigenvalue weighted by Gasteiger charge is 2.45. The second-order valence-corrected chi connectivity index (χ2v) is 11.3. The van der Waals surface area contributed by atoms with E-state index in [-0.39, 0.29) is 17.6 Å². The molecule has 1 spiro atoms. The highest BCUT2D eigenvalue weighted by molar-refractivity contribution is 7.89. The molecule has 0 aliphatic carbocycles.